The predicted octanol–water partition coefficient (Wildman–Crippen LogP) is 6.29. The number of nitrogens with zero attached hydrogens (tertiary/aromatic N) is 4. The summed E-state index contributed by atoms with van der Waals surface area (Å²) < 4.78 is 37.8. The molecule has 5 aromatic rings. The molecule has 0 spiro atoms. The Morgan fingerprint density at radius 3 is 2.10 bits per heavy atom. The van der Waals surface area contributed by atoms with Gasteiger partial charge < -0.3 is 44.6 Å². The average Bonchev–Trinajstić information content (AvgIpc) is 3.78. The molecule has 2 aromatic heterocycles. The zero-order valence-corrected chi connectivity index (χ0v) is 35.6. The highest BCUT2D eigenvalue weighted by Gasteiger charge is 2.50. The summed E-state index contributed by atoms with van der Waals surface area (Å²) in [6, 6.07) is 23.6. The van der Waals surface area contributed by atoms with E-state index in [2.05, 4.69) is 20.3 Å². The molecule has 5 atom stereocenters. The average molecular weight is 847 g/mol. The van der Waals surface area contributed by atoms with Crippen LogP contribution in [0.25, 0.3) is 11.2 Å². The Kier molecular flexibility index (Phi) is 13.9. The molecule has 314 valence electrons. The SMILES string of the molecule is COc1ccc(C(OC[C@H]2O[C@@H](n3cnc4c(N)ncnc43)[C@H](OC(=O)[C@H](CSSC(C)C)NC(=O)OC(C)(C)C)[C@@H]2O)(c2ccccc2)c2ccc(OC)cc2)cc1. The summed E-state index contributed by atoms with van der Waals surface area (Å²) in [5.74, 6) is 0.799. The van der Waals surface area contributed by atoms with Crippen molar-refractivity contribution in [2.75, 3.05) is 32.3 Å². The van der Waals surface area contributed by atoms with E-state index in [0.717, 1.165) is 16.7 Å². The maximum Gasteiger partial charge on any atom is 0.408 e. The first kappa shape index (κ1) is 43.5. The van der Waals surface area contributed by atoms with Crippen LogP contribution in [-0.2, 0) is 29.3 Å². The molecule has 17 heteroatoms. The maximum absolute atomic E-state index is 14.1. The number of amides is 1. The van der Waals surface area contributed by atoms with Gasteiger partial charge in [-0.25, -0.2) is 24.5 Å². The predicted molar refractivity (Wildman–Crippen MR) is 226 cm³/mol. The van der Waals surface area contributed by atoms with Gasteiger partial charge >= 0.3 is 12.1 Å². The summed E-state index contributed by atoms with van der Waals surface area (Å²) >= 11 is 0. The molecule has 1 aliphatic heterocycles. The van der Waals surface area contributed by atoms with Crippen LogP contribution in [0.1, 0.15) is 57.5 Å². The van der Waals surface area contributed by atoms with Crippen molar-refractivity contribution in [2.24, 2.45) is 0 Å². The second-order valence-corrected chi connectivity index (χ2v) is 18.0. The number of imidazole rings is 1. The Bertz CT molecular complexity index is 2120. The lowest BCUT2D eigenvalue weighted by molar-refractivity contribution is -0.160. The Morgan fingerprint density at radius 1 is 0.915 bits per heavy atom. The van der Waals surface area contributed by atoms with E-state index < -0.39 is 53.8 Å². The number of fused-ring (bicyclic) bond motifs is 1. The number of hydrogen-bond acceptors (Lipinski definition) is 15. The van der Waals surface area contributed by atoms with Crippen LogP contribution >= 0.6 is 21.6 Å². The van der Waals surface area contributed by atoms with E-state index in [-0.39, 0.29) is 23.4 Å². The second kappa shape index (κ2) is 18.9. The standard InChI is InChI=1S/C42H50N6O9S2/c1-25(2)59-58-22-31(47-40(51)57-41(3,4)5)39(50)56-35-34(49)32(55-38(35)48-24-46-33-36(43)44-23-45-37(33)48)21-54-42(26-11-9-8-10-12-26,27-13-17-29(52-6)18-14-27)28-15-19-30(53-7)20-16-28/h8-20,23-25,31-32,34-35,38,49H,21-22H2,1-7H3,(H,47,51)(H2,43,44,45)/t31-,32+,34+,35+,38+/m0/s1. The number of esters is 1. The third-order valence-electron chi connectivity index (χ3n) is 9.33. The summed E-state index contributed by atoms with van der Waals surface area (Å²) in [6.07, 6.45) is -3.07. The number of carbonyl (C=O) groups excluding carboxylic acids is 2. The molecule has 1 amide bonds. The Morgan fingerprint density at radius 2 is 1.53 bits per heavy atom. The summed E-state index contributed by atoms with van der Waals surface area (Å²) in [6.45, 7) is 9.03. The van der Waals surface area contributed by atoms with Gasteiger partial charge in [-0.05, 0) is 61.7 Å². The quantitative estimate of drug-likeness (QED) is 0.0570. The molecule has 0 unspecified atom stereocenters. The van der Waals surface area contributed by atoms with Crippen molar-refractivity contribution in [1.29, 1.82) is 0 Å². The third-order valence-corrected chi connectivity index (χ3v) is 12.3. The summed E-state index contributed by atoms with van der Waals surface area (Å²) in [4.78, 5) is 39.9. The fourth-order valence-electron chi connectivity index (χ4n) is 6.62. The van der Waals surface area contributed by atoms with Gasteiger partial charge in [0.25, 0.3) is 0 Å². The topological polar surface area (TPSA) is 191 Å². The number of anilines is 1. The summed E-state index contributed by atoms with van der Waals surface area (Å²) in [7, 11) is 6.14. The van der Waals surface area contributed by atoms with Gasteiger partial charge in [0.15, 0.2) is 23.8 Å². The van der Waals surface area contributed by atoms with Crippen molar-refractivity contribution in [1.82, 2.24) is 24.8 Å². The lowest BCUT2D eigenvalue weighted by Gasteiger charge is -2.37. The molecule has 1 fully saturated rings. The van der Waals surface area contributed by atoms with E-state index in [0.29, 0.717) is 22.7 Å². The normalized spacial score (nSPS) is 18.7. The molecule has 59 heavy (non-hydrogen) atoms. The molecule has 0 bridgehead atoms. The zero-order chi connectivity index (χ0) is 42.3. The van der Waals surface area contributed by atoms with Crippen molar-refractivity contribution in [3.8, 4) is 11.5 Å². The van der Waals surface area contributed by atoms with E-state index >= 15 is 0 Å². The van der Waals surface area contributed by atoms with Crippen molar-refractivity contribution in [3.05, 3.63) is 108 Å². The number of carbonyl (C=O) groups is 2. The van der Waals surface area contributed by atoms with Gasteiger partial charge in [0.05, 0.1) is 27.2 Å². The smallest absolute Gasteiger partial charge is 0.408 e. The maximum atomic E-state index is 14.1. The number of aliphatic hydroxyl groups excluding tert-OH is 1. The van der Waals surface area contributed by atoms with E-state index in [9.17, 15) is 14.7 Å². The number of ether oxygens (including phenoxy) is 6. The largest absolute Gasteiger partial charge is 0.497 e. The van der Waals surface area contributed by atoms with Crippen LogP contribution in [0.4, 0.5) is 10.6 Å². The van der Waals surface area contributed by atoms with Crippen molar-refractivity contribution in [3.63, 3.8) is 0 Å². The number of nitrogens with two attached hydrogens (primary N) is 1. The molecule has 6 rings (SSSR count). The number of nitrogen functional groups attached to an aromatic ring is 1. The van der Waals surface area contributed by atoms with Crippen molar-refractivity contribution < 1.29 is 43.1 Å². The number of hydrogen-bond donors (Lipinski definition) is 3. The Balaban J connectivity index is 1.38. The van der Waals surface area contributed by atoms with Crippen LogP contribution in [0.2, 0.25) is 0 Å². The summed E-state index contributed by atoms with van der Waals surface area (Å²) in [5, 5.41) is 15.1. The highest BCUT2D eigenvalue weighted by Crippen LogP contribution is 2.43. The number of benzene rings is 3. The number of alkyl carbamates (subject to hydrolysis) is 1. The van der Waals surface area contributed by atoms with E-state index in [1.165, 1.54) is 28.0 Å². The first-order valence-corrected chi connectivity index (χ1v) is 21.4. The highest BCUT2D eigenvalue weighted by atomic mass is 33.1. The fourth-order valence-corrected chi connectivity index (χ4v) is 8.79. The van der Waals surface area contributed by atoms with Crippen LogP contribution in [0, 0.1) is 0 Å². The molecular formula is C42H50N6O9S2. The van der Waals surface area contributed by atoms with Gasteiger partial charge in [-0.3, -0.25) is 4.57 Å². The van der Waals surface area contributed by atoms with E-state index in [1.54, 1.807) is 45.8 Å². The minimum Gasteiger partial charge on any atom is -0.497 e. The van der Waals surface area contributed by atoms with Gasteiger partial charge in [0.2, 0.25) is 0 Å². The third kappa shape index (κ3) is 10.0. The Labute approximate surface area is 351 Å². The monoisotopic (exact) mass is 846 g/mol. The molecule has 4 N–H and O–H groups in total. The molecule has 3 heterocycles. The van der Waals surface area contributed by atoms with Crippen LogP contribution in [0.15, 0.2) is 91.5 Å². The summed E-state index contributed by atoms with van der Waals surface area (Å²) in [5.41, 5.74) is 6.99. The van der Waals surface area contributed by atoms with Gasteiger partial charge in [-0.2, -0.15) is 0 Å². The van der Waals surface area contributed by atoms with E-state index in [1.807, 2.05) is 92.7 Å². The first-order chi connectivity index (χ1) is 28.2. The molecule has 1 saturated heterocycles. The minimum atomic E-state index is -1.44. The molecule has 3 aromatic carbocycles. The molecule has 1 aliphatic rings. The van der Waals surface area contributed by atoms with Crippen molar-refractivity contribution >= 4 is 50.6 Å². The molecule has 0 radical (unpaired) electrons. The first-order valence-electron chi connectivity index (χ1n) is 19.0. The number of aromatic nitrogens is 4. The molecular weight excluding hydrogens is 797 g/mol. The minimum absolute atomic E-state index is 0.133. The van der Waals surface area contributed by atoms with Crippen LogP contribution in [-0.4, -0.2) is 98.5 Å². The van der Waals surface area contributed by atoms with Crippen molar-refractivity contribution in [2.45, 2.75) is 81.7 Å². The van der Waals surface area contributed by atoms with Crippen LogP contribution < -0.4 is 20.5 Å². The highest BCUT2D eigenvalue weighted by molar-refractivity contribution is 8.76. The Hall–Kier alpha value is -5.07. The number of methoxy groups -OCH3 is 2. The lowest BCUT2D eigenvalue weighted by atomic mass is 9.80. The number of aliphatic hydroxyl groups is 1. The van der Waals surface area contributed by atoms with Crippen LogP contribution in [0.5, 0.6) is 11.5 Å². The lowest BCUT2D eigenvalue weighted by Crippen LogP contribution is -2.48. The molecule has 0 saturated carbocycles. The van der Waals surface area contributed by atoms with Gasteiger partial charge in [0.1, 0.15) is 52.8 Å². The molecule has 15 nitrogen and oxygen atoms in total. The second-order valence-electron chi connectivity index (χ2n) is 15.0. The molecule has 0 aliphatic carbocycles. The zero-order valence-electron chi connectivity index (χ0n) is 33.9. The van der Waals surface area contributed by atoms with Gasteiger partial charge in [0, 0.05) is 11.0 Å². The number of rotatable bonds is 16. The van der Waals surface area contributed by atoms with Gasteiger partial charge in [-0.15, -0.1) is 0 Å². The van der Waals surface area contributed by atoms with Gasteiger partial charge in [-0.1, -0.05) is 90.0 Å². The fraction of sp³-hybridized carbons (Fsp3) is 0.405. The number of nitrogens with one attached hydrogen (secondary N) is 1. The van der Waals surface area contributed by atoms with E-state index in [4.69, 9.17) is 34.2 Å². The van der Waals surface area contributed by atoms with Crippen LogP contribution in [0.3, 0.4) is 0 Å².